The number of piperidine rings is 1. The fraction of sp³-hybridized carbons (Fsp3) is 1.00. The number of rotatable bonds is 6. The van der Waals surface area contributed by atoms with Gasteiger partial charge in [0.15, 0.2) is 0 Å². The largest absolute Gasteiger partial charge is 0.384 e. The van der Waals surface area contributed by atoms with Crippen LogP contribution in [0.15, 0.2) is 0 Å². The van der Waals surface area contributed by atoms with Crippen molar-refractivity contribution in [3.8, 4) is 0 Å². The normalized spacial score (nSPS) is 25.4. The topological polar surface area (TPSA) is 47.7 Å². The van der Waals surface area contributed by atoms with Gasteiger partial charge in [-0.15, -0.1) is 0 Å². The average Bonchev–Trinajstić information content (AvgIpc) is 2.19. The van der Waals surface area contributed by atoms with Gasteiger partial charge in [0.05, 0.1) is 13.2 Å². The Balaban J connectivity index is 2.23. The first kappa shape index (κ1) is 12.9. The van der Waals surface area contributed by atoms with Gasteiger partial charge in [0.25, 0.3) is 0 Å². The van der Waals surface area contributed by atoms with Gasteiger partial charge >= 0.3 is 0 Å². The molecule has 1 aliphatic heterocycles. The molecule has 0 bridgehead atoms. The van der Waals surface area contributed by atoms with E-state index in [-0.39, 0.29) is 6.04 Å². The summed E-state index contributed by atoms with van der Waals surface area (Å²) in [6.45, 7) is 4.73. The second kappa shape index (κ2) is 7.17. The molecule has 0 aromatic heterocycles. The van der Waals surface area contributed by atoms with E-state index in [4.69, 9.17) is 15.2 Å². The zero-order chi connectivity index (χ0) is 11.1. The van der Waals surface area contributed by atoms with E-state index in [0.29, 0.717) is 12.5 Å². The standard InChI is InChI=1S/C11H24N2O2/c1-14-8-10-4-3-5-13(6-10)7-11(12)9-15-2/h10-11H,3-9,12H2,1-2H3. The highest BCUT2D eigenvalue weighted by Gasteiger charge is 2.20. The highest BCUT2D eigenvalue weighted by Crippen LogP contribution is 2.16. The van der Waals surface area contributed by atoms with E-state index in [2.05, 4.69) is 4.90 Å². The molecule has 1 saturated heterocycles. The first-order valence-electron chi connectivity index (χ1n) is 5.72. The molecule has 0 saturated carbocycles. The van der Waals surface area contributed by atoms with E-state index in [1.54, 1.807) is 14.2 Å². The summed E-state index contributed by atoms with van der Waals surface area (Å²) in [6, 6.07) is 0.135. The lowest BCUT2D eigenvalue weighted by atomic mass is 9.98. The van der Waals surface area contributed by atoms with E-state index in [1.807, 2.05) is 0 Å². The minimum Gasteiger partial charge on any atom is -0.384 e. The smallest absolute Gasteiger partial charge is 0.0626 e. The van der Waals surface area contributed by atoms with Crippen LogP contribution in [0.4, 0.5) is 0 Å². The Morgan fingerprint density at radius 1 is 1.40 bits per heavy atom. The molecule has 90 valence electrons. The average molecular weight is 216 g/mol. The van der Waals surface area contributed by atoms with Gasteiger partial charge in [0.1, 0.15) is 0 Å². The van der Waals surface area contributed by atoms with Gasteiger partial charge in [-0.2, -0.15) is 0 Å². The maximum Gasteiger partial charge on any atom is 0.0626 e. The van der Waals surface area contributed by atoms with Crippen LogP contribution in [0.5, 0.6) is 0 Å². The van der Waals surface area contributed by atoms with Crippen molar-refractivity contribution in [1.82, 2.24) is 4.90 Å². The summed E-state index contributed by atoms with van der Waals surface area (Å²) >= 11 is 0. The van der Waals surface area contributed by atoms with Crippen LogP contribution < -0.4 is 5.73 Å². The molecule has 4 nitrogen and oxygen atoms in total. The van der Waals surface area contributed by atoms with Crippen LogP contribution in [0, 0.1) is 5.92 Å². The van der Waals surface area contributed by atoms with E-state index in [1.165, 1.54) is 12.8 Å². The molecule has 2 N–H and O–H groups in total. The molecule has 1 fully saturated rings. The van der Waals surface area contributed by atoms with Crippen molar-refractivity contribution in [1.29, 1.82) is 0 Å². The number of hydrogen-bond acceptors (Lipinski definition) is 4. The minimum atomic E-state index is 0.135. The van der Waals surface area contributed by atoms with Crippen molar-refractivity contribution in [2.24, 2.45) is 11.7 Å². The number of nitrogens with zero attached hydrogens (tertiary/aromatic N) is 1. The number of methoxy groups -OCH3 is 2. The predicted octanol–water partition coefficient (Wildman–Crippen LogP) is 0.319. The second-order valence-corrected chi connectivity index (χ2v) is 4.44. The fourth-order valence-electron chi connectivity index (χ4n) is 2.29. The lowest BCUT2D eigenvalue weighted by Crippen LogP contribution is -2.45. The number of likely N-dealkylation sites (tertiary alicyclic amines) is 1. The van der Waals surface area contributed by atoms with Crippen molar-refractivity contribution < 1.29 is 9.47 Å². The van der Waals surface area contributed by atoms with Gasteiger partial charge in [0, 0.05) is 33.4 Å². The number of nitrogens with two attached hydrogens (primary N) is 1. The molecule has 1 aliphatic rings. The maximum absolute atomic E-state index is 5.94. The quantitative estimate of drug-likeness (QED) is 0.694. The molecule has 0 spiro atoms. The summed E-state index contributed by atoms with van der Waals surface area (Å²) in [5.74, 6) is 0.679. The van der Waals surface area contributed by atoms with Gasteiger partial charge in [-0.3, -0.25) is 0 Å². The molecule has 0 aromatic rings. The SMILES string of the molecule is COCC(N)CN1CCCC(COC)C1. The monoisotopic (exact) mass is 216 g/mol. The van der Waals surface area contributed by atoms with E-state index < -0.39 is 0 Å². The van der Waals surface area contributed by atoms with Crippen LogP contribution in [0.2, 0.25) is 0 Å². The van der Waals surface area contributed by atoms with Crippen molar-refractivity contribution in [3.05, 3.63) is 0 Å². The van der Waals surface area contributed by atoms with Crippen LogP contribution in [0.3, 0.4) is 0 Å². The Labute approximate surface area is 92.7 Å². The van der Waals surface area contributed by atoms with Crippen molar-refractivity contribution >= 4 is 0 Å². The molecular weight excluding hydrogens is 192 g/mol. The Morgan fingerprint density at radius 2 is 2.20 bits per heavy atom. The van der Waals surface area contributed by atoms with Gasteiger partial charge in [-0.25, -0.2) is 0 Å². The van der Waals surface area contributed by atoms with Gasteiger partial charge in [-0.1, -0.05) is 0 Å². The van der Waals surface area contributed by atoms with Crippen LogP contribution in [0.1, 0.15) is 12.8 Å². The summed E-state index contributed by atoms with van der Waals surface area (Å²) in [4.78, 5) is 2.43. The Hall–Kier alpha value is -0.160. The zero-order valence-electron chi connectivity index (χ0n) is 9.95. The van der Waals surface area contributed by atoms with Crippen molar-refractivity contribution in [3.63, 3.8) is 0 Å². The summed E-state index contributed by atoms with van der Waals surface area (Å²) in [6.07, 6.45) is 2.54. The van der Waals surface area contributed by atoms with Crippen LogP contribution in [-0.2, 0) is 9.47 Å². The third-order valence-corrected chi connectivity index (χ3v) is 2.88. The molecule has 2 unspecified atom stereocenters. The van der Waals surface area contributed by atoms with Gasteiger partial charge < -0.3 is 20.1 Å². The molecule has 0 amide bonds. The van der Waals surface area contributed by atoms with Crippen LogP contribution in [-0.4, -0.2) is 58.0 Å². The molecule has 15 heavy (non-hydrogen) atoms. The second-order valence-electron chi connectivity index (χ2n) is 4.44. The summed E-state index contributed by atoms with van der Waals surface area (Å²) < 4.78 is 10.2. The molecular formula is C11H24N2O2. The minimum absolute atomic E-state index is 0.135. The van der Waals surface area contributed by atoms with Crippen molar-refractivity contribution in [2.75, 3.05) is 47.1 Å². The van der Waals surface area contributed by atoms with Gasteiger partial charge in [0.2, 0.25) is 0 Å². The summed E-state index contributed by atoms with van der Waals surface area (Å²) in [5.41, 5.74) is 5.94. The predicted molar refractivity (Wildman–Crippen MR) is 60.9 cm³/mol. The lowest BCUT2D eigenvalue weighted by Gasteiger charge is -2.33. The van der Waals surface area contributed by atoms with E-state index in [9.17, 15) is 0 Å². The highest BCUT2D eigenvalue weighted by molar-refractivity contribution is 4.76. The number of hydrogen-bond donors (Lipinski definition) is 1. The Morgan fingerprint density at radius 3 is 2.87 bits per heavy atom. The first-order chi connectivity index (χ1) is 7.26. The molecule has 0 aromatic carbocycles. The molecule has 0 aliphatic carbocycles. The molecule has 0 radical (unpaired) electrons. The third kappa shape index (κ3) is 4.93. The Bertz CT molecular complexity index is 163. The third-order valence-electron chi connectivity index (χ3n) is 2.88. The zero-order valence-corrected chi connectivity index (χ0v) is 9.95. The van der Waals surface area contributed by atoms with Gasteiger partial charge in [-0.05, 0) is 25.3 Å². The fourth-order valence-corrected chi connectivity index (χ4v) is 2.29. The van der Waals surface area contributed by atoms with Crippen molar-refractivity contribution in [2.45, 2.75) is 18.9 Å². The summed E-state index contributed by atoms with van der Waals surface area (Å²) in [5, 5.41) is 0. The number of ether oxygens (including phenoxy) is 2. The van der Waals surface area contributed by atoms with Crippen LogP contribution >= 0.6 is 0 Å². The Kier molecular flexibility index (Phi) is 6.17. The lowest BCUT2D eigenvalue weighted by molar-refractivity contribution is 0.0796. The maximum atomic E-state index is 5.94. The summed E-state index contributed by atoms with van der Waals surface area (Å²) in [7, 11) is 3.47. The van der Waals surface area contributed by atoms with E-state index in [0.717, 1.165) is 26.2 Å². The molecule has 1 rings (SSSR count). The molecule has 1 heterocycles. The van der Waals surface area contributed by atoms with Crippen LogP contribution in [0.25, 0.3) is 0 Å². The molecule has 2 atom stereocenters. The van der Waals surface area contributed by atoms with E-state index >= 15 is 0 Å². The first-order valence-corrected chi connectivity index (χ1v) is 5.72. The molecule has 4 heteroatoms. The highest BCUT2D eigenvalue weighted by atomic mass is 16.5.